The molecule has 0 aliphatic carbocycles. The Labute approximate surface area is 79.7 Å². The van der Waals surface area contributed by atoms with Crippen LogP contribution in [0.2, 0.25) is 0 Å². The maximum absolute atomic E-state index is 10.5. The molecule has 70 valence electrons. The monoisotopic (exact) mass is 199 g/mol. The second-order valence-electron chi connectivity index (χ2n) is 2.34. The minimum atomic E-state index is -0.488. The SMILES string of the molecule is CCSc1ccc(O)cc1[N+](=O)[O-]. The molecule has 1 aromatic carbocycles. The molecule has 0 aromatic heterocycles. The number of thioether (sulfide) groups is 1. The minimum absolute atomic E-state index is 0.0353. The van der Waals surface area contributed by atoms with Crippen molar-refractivity contribution in [3.8, 4) is 5.75 Å². The lowest BCUT2D eigenvalue weighted by Gasteiger charge is -2.00. The minimum Gasteiger partial charge on any atom is -0.508 e. The van der Waals surface area contributed by atoms with Crippen molar-refractivity contribution in [2.75, 3.05) is 5.75 Å². The highest BCUT2D eigenvalue weighted by atomic mass is 32.2. The Hall–Kier alpha value is -1.23. The van der Waals surface area contributed by atoms with Crippen molar-refractivity contribution in [2.45, 2.75) is 11.8 Å². The highest BCUT2D eigenvalue weighted by Crippen LogP contribution is 2.31. The van der Waals surface area contributed by atoms with Crippen LogP contribution >= 0.6 is 11.8 Å². The molecule has 0 saturated carbocycles. The summed E-state index contributed by atoms with van der Waals surface area (Å²) in [7, 11) is 0. The van der Waals surface area contributed by atoms with Gasteiger partial charge >= 0.3 is 0 Å². The van der Waals surface area contributed by atoms with Crippen LogP contribution in [0.1, 0.15) is 6.92 Å². The summed E-state index contributed by atoms with van der Waals surface area (Å²) in [5.41, 5.74) is -0.0353. The number of nitrogens with zero attached hydrogens (tertiary/aromatic N) is 1. The molecule has 1 aromatic rings. The van der Waals surface area contributed by atoms with E-state index in [1.54, 1.807) is 6.07 Å². The number of rotatable bonds is 3. The molecule has 0 unspecified atom stereocenters. The number of phenolic OH excluding ortho intramolecular Hbond substituents is 1. The largest absolute Gasteiger partial charge is 0.508 e. The molecule has 0 bridgehead atoms. The zero-order valence-electron chi connectivity index (χ0n) is 7.06. The van der Waals surface area contributed by atoms with Gasteiger partial charge in [-0.3, -0.25) is 10.1 Å². The average molecular weight is 199 g/mol. The third-order valence-electron chi connectivity index (χ3n) is 1.44. The van der Waals surface area contributed by atoms with Gasteiger partial charge in [-0.2, -0.15) is 0 Å². The van der Waals surface area contributed by atoms with Gasteiger partial charge in [-0.25, -0.2) is 0 Å². The van der Waals surface area contributed by atoms with E-state index in [4.69, 9.17) is 5.11 Å². The lowest BCUT2D eigenvalue weighted by molar-refractivity contribution is -0.387. The van der Waals surface area contributed by atoms with Crippen LogP contribution in [0.25, 0.3) is 0 Å². The molecule has 0 aliphatic heterocycles. The third-order valence-corrected chi connectivity index (χ3v) is 2.38. The molecule has 0 atom stereocenters. The van der Waals surface area contributed by atoms with E-state index in [2.05, 4.69) is 0 Å². The van der Waals surface area contributed by atoms with E-state index in [1.807, 2.05) is 6.92 Å². The van der Waals surface area contributed by atoms with Gasteiger partial charge in [0.05, 0.1) is 15.9 Å². The van der Waals surface area contributed by atoms with E-state index in [9.17, 15) is 10.1 Å². The Morgan fingerprint density at radius 1 is 1.62 bits per heavy atom. The summed E-state index contributed by atoms with van der Waals surface area (Å²) in [6.07, 6.45) is 0. The van der Waals surface area contributed by atoms with Gasteiger partial charge < -0.3 is 5.11 Å². The summed E-state index contributed by atoms with van der Waals surface area (Å²) >= 11 is 1.39. The second kappa shape index (κ2) is 4.13. The Bertz CT molecular complexity index is 327. The van der Waals surface area contributed by atoms with Crippen LogP contribution in [0, 0.1) is 10.1 Å². The number of hydrogen-bond donors (Lipinski definition) is 1. The molecule has 13 heavy (non-hydrogen) atoms. The lowest BCUT2D eigenvalue weighted by Crippen LogP contribution is -1.90. The molecule has 0 heterocycles. The Kier molecular flexibility index (Phi) is 3.13. The van der Waals surface area contributed by atoms with Crippen LogP contribution in [0.15, 0.2) is 23.1 Å². The van der Waals surface area contributed by atoms with Crippen molar-refractivity contribution >= 4 is 17.4 Å². The Morgan fingerprint density at radius 2 is 2.31 bits per heavy atom. The van der Waals surface area contributed by atoms with Gasteiger partial charge in [0.2, 0.25) is 0 Å². The van der Waals surface area contributed by atoms with Crippen LogP contribution < -0.4 is 0 Å². The second-order valence-corrected chi connectivity index (χ2v) is 3.65. The molecule has 0 fully saturated rings. The molecule has 1 rings (SSSR count). The Morgan fingerprint density at radius 3 is 2.85 bits per heavy atom. The van der Waals surface area contributed by atoms with Gasteiger partial charge in [0.1, 0.15) is 5.75 Å². The summed E-state index contributed by atoms with van der Waals surface area (Å²) in [5, 5.41) is 19.6. The van der Waals surface area contributed by atoms with Crippen LogP contribution in [-0.2, 0) is 0 Å². The molecule has 0 spiro atoms. The van der Waals surface area contributed by atoms with Gasteiger partial charge in [-0.15, -0.1) is 11.8 Å². The van der Waals surface area contributed by atoms with Crippen LogP contribution in [-0.4, -0.2) is 15.8 Å². The number of phenols is 1. The molecule has 5 heteroatoms. The van der Waals surface area contributed by atoms with E-state index in [-0.39, 0.29) is 11.4 Å². The van der Waals surface area contributed by atoms with E-state index in [0.717, 1.165) is 11.8 Å². The van der Waals surface area contributed by atoms with Crippen molar-refractivity contribution in [1.29, 1.82) is 0 Å². The zero-order valence-corrected chi connectivity index (χ0v) is 7.87. The predicted molar refractivity (Wildman–Crippen MR) is 51.2 cm³/mol. The van der Waals surface area contributed by atoms with E-state index in [1.165, 1.54) is 17.8 Å². The molecular weight excluding hydrogens is 190 g/mol. The normalized spacial score (nSPS) is 9.92. The van der Waals surface area contributed by atoms with E-state index >= 15 is 0 Å². The zero-order chi connectivity index (χ0) is 9.84. The summed E-state index contributed by atoms with van der Waals surface area (Å²) in [4.78, 5) is 10.6. The lowest BCUT2D eigenvalue weighted by atomic mass is 10.3. The predicted octanol–water partition coefficient (Wildman–Crippen LogP) is 2.41. The fourth-order valence-corrected chi connectivity index (χ4v) is 1.68. The van der Waals surface area contributed by atoms with Crippen molar-refractivity contribution in [3.63, 3.8) is 0 Å². The molecule has 0 radical (unpaired) electrons. The first-order chi connectivity index (χ1) is 6.15. The first-order valence-corrected chi connectivity index (χ1v) is 4.74. The summed E-state index contributed by atoms with van der Waals surface area (Å²) in [6, 6.07) is 4.17. The van der Waals surface area contributed by atoms with Gasteiger partial charge in [0.15, 0.2) is 0 Å². The topological polar surface area (TPSA) is 63.4 Å². The van der Waals surface area contributed by atoms with Crippen molar-refractivity contribution < 1.29 is 10.0 Å². The fraction of sp³-hybridized carbons (Fsp3) is 0.250. The molecule has 1 N–H and O–H groups in total. The highest BCUT2D eigenvalue weighted by Gasteiger charge is 2.13. The van der Waals surface area contributed by atoms with E-state index in [0.29, 0.717) is 4.90 Å². The van der Waals surface area contributed by atoms with Gasteiger partial charge in [0, 0.05) is 0 Å². The standard InChI is InChI=1S/C8H9NO3S/c1-2-13-8-4-3-6(10)5-7(8)9(11)12/h3-5,10H,2H2,1H3. The van der Waals surface area contributed by atoms with Crippen LogP contribution in [0.4, 0.5) is 5.69 Å². The van der Waals surface area contributed by atoms with Gasteiger partial charge in [-0.05, 0) is 17.9 Å². The smallest absolute Gasteiger partial charge is 0.286 e. The van der Waals surface area contributed by atoms with Gasteiger partial charge in [-0.1, -0.05) is 6.92 Å². The summed E-state index contributed by atoms with van der Waals surface area (Å²) in [5.74, 6) is 0.693. The summed E-state index contributed by atoms with van der Waals surface area (Å²) < 4.78 is 0. The maximum Gasteiger partial charge on any atom is 0.286 e. The molecule has 0 saturated heterocycles. The average Bonchev–Trinajstić information content (AvgIpc) is 2.08. The van der Waals surface area contributed by atoms with Crippen molar-refractivity contribution in [3.05, 3.63) is 28.3 Å². The summed E-state index contributed by atoms with van der Waals surface area (Å²) in [6.45, 7) is 1.92. The van der Waals surface area contributed by atoms with Crippen molar-refractivity contribution in [1.82, 2.24) is 0 Å². The number of nitro groups is 1. The molecule has 4 nitrogen and oxygen atoms in total. The first kappa shape index (κ1) is 9.85. The molecule has 0 aliphatic rings. The Balaban J connectivity index is 3.10. The number of hydrogen-bond acceptors (Lipinski definition) is 4. The number of benzene rings is 1. The molecule has 0 amide bonds. The van der Waals surface area contributed by atoms with E-state index < -0.39 is 4.92 Å². The quantitative estimate of drug-likeness (QED) is 0.461. The van der Waals surface area contributed by atoms with Crippen molar-refractivity contribution in [2.24, 2.45) is 0 Å². The number of aromatic hydroxyl groups is 1. The number of nitro benzene ring substituents is 1. The maximum atomic E-state index is 10.5. The van der Waals surface area contributed by atoms with Gasteiger partial charge in [0.25, 0.3) is 5.69 Å². The fourth-order valence-electron chi connectivity index (χ4n) is 0.926. The third kappa shape index (κ3) is 2.35. The molecular formula is C8H9NO3S. The first-order valence-electron chi connectivity index (χ1n) is 3.75. The van der Waals surface area contributed by atoms with Crippen LogP contribution in [0.3, 0.4) is 0 Å². The van der Waals surface area contributed by atoms with Crippen LogP contribution in [0.5, 0.6) is 5.75 Å². The highest BCUT2D eigenvalue weighted by molar-refractivity contribution is 7.99.